The molecule has 3 heteroatoms. The first-order chi connectivity index (χ1) is 12.4. The summed E-state index contributed by atoms with van der Waals surface area (Å²) in [5.74, 6) is 0.912. The van der Waals surface area contributed by atoms with Gasteiger partial charge in [-0.05, 0) is 87.0 Å². The minimum absolute atomic E-state index is 0. The van der Waals surface area contributed by atoms with Gasteiger partial charge < -0.3 is 5.32 Å². The van der Waals surface area contributed by atoms with Gasteiger partial charge in [0.05, 0.1) is 0 Å². The normalized spacial score (nSPS) is 24.3. The van der Waals surface area contributed by atoms with Crippen molar-refractivity contribution in [2.75, 3.05) is 26.2 Å². The molecule has 2 saturated heterocycles. The number of fused-ring (bicyclic) bond motifs is 1. The van der Waals surface area contributed by atoms with Crippen LogP contribution < -0.4 is 5.32 Å². The molecular formula is C23H33ClN2. The molecule has 2 unspecified atom stereocenters. The van der Waals surface area contributed by atoms with Crippen molar-refractivity contribution in [1.29, 1.82) is 0 Å². The van der Waals surface area contributed by atoms with E-state index in [4.69, 9.17) is 0 Å². The molecule has 2 heterocycles. The maximum absolute atomic E-state index is 3.56. The van der Waals surface area contributed by atoms with Crippen molar-refractivity contribution in [2.45, 2.75) is 51.0 Å². The van der Waals surface area contributed by atoms with Gasteiger partial charge in [0.25, 0.3) is 0 Å². The van der Waals surface area contributed by atoms with Gasteiger partial charge in [-0.1, -0.05) is 48.9 Å². The lowest BCUT2D eigenvalue weighted by atomic mass is 9.90. The van der Waals surface area contributed by atoms with E-state index in [2.05, 4.69) is 52.7 Å². The molecule has 0 aromatic heterocycles. The number of rotatable bonds is 5. The van der Waals surface area contributed by atoms with Crippen LogP contribution in [0.1, 0.15) is 56.6 Å². The van der Waals surface area contributed by atoms with E-state index < -0.39 is 0 Å². The van der Waals surface area contributed by atoms with Crippen molar-refractivity contribution in [3.8, 4) is 0 Å². The van der Waals surface area contributed by atoms with Crippen molar-refractivity contribution in [1.82, 2.24) is 10.2 Å². The SMILES string of the molecule is Cl.c1ccc2c(C3CCCCN3CCCC3CCCNC3)cccc2c1. The molecule has 2 atom stereocenters. The molecule has 2 aromatic carbocycles. The Morgan fingerprint density at radius 3 is 2.73 bits per heavy atom. The van der Waals surface area contributed by atoms with Crippen LogP contribution in [0.25, 0.3) is 10.8 Å². The Bertz CT molecular complexity index is 675. The van der Waals surface area contributed by atoms with Gasteiger partial charge in [-0.25, -0.2) is 0 Å². The van der Waals surface area contributed by atoms with Gasteiger partial charge in [0, 0.05) is 6.04 Å². The summed E-state index contributed by atoms with van der Waals surface area (Å²) < 4.78 is 0. The van der Waals surface area contributed by atoms with Crippen molar-refractivity contribution in [2.24, 2.45) is 5.92 Å². The third-order valence-electron chi connectivity index (χ3n) is 6.25. The second kappa shape index (κ2) is 9.73. The number of piperidine rings is 2. The molecule has 0 bridgehead atoms. The summed E-state index contributed by atoms with van der Waals surface area (Å²) in [5, 5.41) is 6.41. The number of nitrogens with one attached hydrogen (secondary N) is 1. The Morgan fingerprint density at radius 2 is 1.85 bits per heavy atom. The van der Waals surface area contributed by atoms with Crippen LogP contribution in [0.3, 0.4) is 0 Å². The van der Waals surface area contributed by atoms with Crippen molar-refractivity contribution in [3.05, 3.63) is 48.0 Å². The zero-order valence-electron chi connectivity index (χ0n) is 15.8. The molecule has 2 aliphatic heterocycles. The maximum atomic E-state index is 3.56. The average Bonchev–Trinajstić information content (AvgIpc) is 2.69. The van der Waals surface area contributed by atoms with Gasteiger partial charge >= 0.3 is 0 Å². The molecule has 0 saturated carbocycles. The Balaban J connectivity index is 0.00000196. The molecule has 2 aromatic rings. The molecule has 4 rings (SSSR count). The monoisotopic (exact) mass is 372 g/mol. The van der Waals surface area contributed by atoms with Crippen LogP contribution in [-0.2, 0) is 0 Å². The zero-order chi connectivity index (χ0) is 16.9. The Labute approximate surface area is 164 Å². The topological polar surface area (TPSA) is 15.3 Å². The standard InChI is InChI=1S/C23H32N2.ClH/c1-2-12-21-20(10-1)11-5-13-22(21)23-14-3-4-16-25(23)17-7-9-19-8-6-15-24-18-19;/h1-2,5,10-13,19,23-24H,3-4,6-9,14-18H2;1H. The van der Waals surface area contributed by atoms with Crippen LogP contribution in [-0.4, -0.2) is 31.1 Å². The summed E-state index contributed by atoms with van der Waals surface area (Å²) >= 11 is 0. The van der Waals surface area contributed by atoms with Gasteiger partial charge in [0.1, 0.15) is 0 Å². The summed E-state index contributed by atoms with van der Waals surface area (Å²) in [7, 11) is 0. The highest BCUT2D eigenvalue weighted by molar-refractivity contribution is 5.86. The van der Waals surface area contributed by atoms with E-state index in [-0.39, 0.29) is 12.4 Å². The number of halogens is 1. The van der Waals surface area contributed by atoms with Crippen LogP contribution in [0, 0.1) is 5.92 Å². The van der Waals surface area contributed by atoms with E-state index in [1.54, 1.807) is 5.56 Å². The summed E-state index contributed by atoms with van der Waals surface area (Å²) in [6.07, 6.45) is 9.61. The first kappa shape index (κ1) is 19.7. The molecular weight excluding hydrogens is 340 g/mol. The largest absolute Gasteiger partial charge is 0.316 e. The fraction of sp³-hybridized carbons (Fsp3) is 0.565. The fourth-order valence-corrected chi connectivity index (χ4v) is 4.91. The number of benzene rings is 2. The van der Waals surface area contributed by atoms with Crippen molar-refractivity contribution < 1.29 is 0 Å². The van der Waals surface area contributed by atoms with E-state index in [9.17, 15) is 0 Å². The zero-order valence-corrected chi connectivity index (χ0v) is 16.6. The van der Waals surface area contributed by atoms with Crippen molar-refractivity contribution in [3.63, 3.8) is 0 Å². The minimum Gasteiger partial charge on any atom is -0.316 e. The fourth-order valence-electron chi connectivity index (χ4n) is 4.91. The van der Waals surface area contributed by atoms with Gasteiger partial charge in [-0.3, -0.25) is 4.90 Å². The maximum Gasteiger partial charge on any atom is 0.0354 e. The average molecular weight is 373 g/mol. The molecule has 2 nitrogen and oxygen atoms in total. The quantitative estimate of drug-likeness (QED) is 0.738. The molecule has 0 spiro atoms. The summed E-state index contributed by atoms with van der Waals surface area (Å²) in [5.41, 5.74) is 1.55. The van der Waals surface area contributed by atoms with Crippen molar-refractivity contribution >= 4 is 23.2 Å². The second-order valence-electron chi connectivity index (χ2n) is 7.97. The first-order valence-corrected chi connectivity index (χ1v) is 10.3. The van der Waals surface area contributed by atoms with E-state index in [1.165, 1.54) is 81.9 Å². The molecule has 1 N–H and O–H groups in total. The summed E-state index contributed by atoms with van der Waals surface area (Å²) in [4.78, 5) is 2.78. The highest BCUT2D eigenvalue weighted by atomic mass is 35.5. The van der Waals surface area contributed by atoms with Crippen LogP contribution in [0.15, 0.2) is 42.5 Å². The first-order valence-electron chi connectivity index (χ1n) is 10.3. The highest BCUT2D eigenvalue weighted by Crippen LogP contribution is 2.35. The molecule has 2 aliphatic rings. The number of likely N-dealkylation sites (tertiary alicyclic amines) is 1. The third kappa shape index (κ3) is 4.60. The minimum atomic E-state index is 0. The Hall–Kier alpha value is -1.09. The van der Waals surface area contributed by atoms with E-state index in [0.717, 1.165) is 5.92 Å². The van der Waals surface area contributed by atoms with Gasteiger partial charge in [-0.2, -0.15) is 0 Å². The lowest BCUT2D eigenvalue weighted by Crippen LogP contribution is -2.35. The lowest BCUT2D eigenvalue weighted by Gasteiger charge is -2.37. The Kier molecular flexibility index (Phi) is 7.36. The molecule has 0 amide bonds. The van der Waals surface area contributed by atoms with E-state index in [0.29, 0.717) is 6.04 Å². The summed E-state index contributed by atoms with van der Waals surface area (Å²) in [6, 6.07) is 16.4. The van der Waals surface area contributed by atoms with Crippen LogP contribution >= 0.6 is 12.4 Å². The number of hydrogen-bond donors (Lipinski definition) is 1. The summed E-state index contributed by atoms with van der Waals surface area (Å²) in [6.45, 7) is 5.01. The number of nitrogens with zero attached hydrogens (tertiary/aromatic N) is 1. The van der Waals surface area contributed by atoms with Gasteiger partial charge in [0.15, 0.2) is 0 Å². The molecule has 26 heavy (non-hydrogen) atoms. The third-order valence-corrected chi connectivity index (χ3v) is 6.25. The van der Waals surface area contributed by atoms with Gasteiger partial charge in [0.2, 0.25) is 0 Å². The molecule has 0 radical (unpaired) electrons. The van der Waals surface area contributed by atoms with Crippen LogP contribution in [0.4, 0.5) is 0 Å². The predicted molar refractivity (Wildman–Crippen MR) is 114 cm³/mol. The van der Waals surface area contributed by atoms with E-state index >= 15 is 0 Å². The Morgan fingerprint density at radius 1 is 0.962 bits per heavy atom. The van der Waals surface area contributed by atoms with E-state index in [1.807, 2.05) is 0 Å². The smallest absolute Gasteiger partial charge is 0.0354 e. The second-order valence-corrected chi connectivity index (χ2v) is 7.97. The van der Waals surface area contributed by atoms with Crippen LogP contribution in [0.5, 0.6) is 0 Å². The van der Waals surface area contributed by atoms with Gasteiger partial charge in [-0.15, -0.1) is 12.4 Å². The highest BCUT2D eigenvalue weighted by Gasteiger charge is 2.25. The molecule has 2 fully saturated rings. The predicted octanol–water partition coefficient (Wildman–Crippen LogP) is 5.57. The van der Waals surface area contributed by atoms with Crippen LogP contribution in [0.2, 0.25) is 0 Å². The lowest BCUT2D eigenvalue weighted by molar-refractivity contribution is 0.143. The molecule has 0 aliphatic carbocycles. The number of hydrogen-bond acceptors (Lipinski definition) is 2. The molecule has 142 valence electrons.